The lowest BCUT2D eigenvalue weighted by atomic mass is 10.4. The molecular formula is C10H10ClNO3S. The first-order valence-corrected chi connectivity index (χ1v) is 5.82. The maximum absolute atomic E-state index is 11.2. The van der Waals surface area contributed by atoms with Crippen LogP contribution in [0.25, 0.3) is 0 Å². The van der Waals surface area contributed by atoms with Gasteiger partial charge in [0.15, 0.2) is 0 Å². The van der Waals surface area contributed by atoms with E-state index in [-0.39, 0.29) is 18.2 Å². The van der Waals surface area contributed by atoms with Gasteiger partial charge in [0, 0.05) is 4.90 Å². The molecule has 0 heterocycles. The maximum Gasteiger partial charge on any atom is 0.322 e. The zero-order chi connectivity index (χ0) is 12.0. The van der Waals surface area contributed by atoms with Crippen molar-refractivity contribution >= 4 is 35.2 Å². The number of thioether (sulfide) groups is 1. The number of hydrogen-bond acceptors (Lipinski definition) is 3. The first-order chi connectivity index (χ1) is 7.59. The highest BCUT2D eigenvalue weighted by Gasteiger charge is 2.06. The molecule has 0 saturated carbocycles. The third-order valence-corrected chi connectivity index (χ3v) is 3.15. The summed E-state index contributed by atoms with van der Waals surface area (Å²) in [6.07, 6.45) is 0. The number of carbonyl (C=O) groups is 2. The molecule has 0 atom stereocenters. The summed E-state index contributed by atoms with van der Waals surface area (Å²) in [5.41, 5.74) is 0. The Morgan fingerprint density at radius 2 is 2.06 bits per heavy atom. The monoisotopic (exact) mass is 259 g/mol. The third kappa shape index (κ3) is 4.55. The fourth-order valence-corrected chi connectivity index (χ4v) is 2.00. The van der Waals surface area contributed by atoms with Crippen LogP contribution in [0, 0.1) is 0 Å². The molecule has 86 valence electrons. The summed E-state index contributed by atoms with van der Waals surface area (Å²) in [5, 5.41) is 11.2. The van der Waals surface area contributed by atoms with Gasteiger partial charge in [-0.3, -0.25) is 9.59 Å². The van der Waals surface area contributed by atoms with Crippen molar-refractivity contribution in [2.75, 3.05) is 12.3 Å². The van der Waals surface area contributed by atoms with Crippen molar-refractivity contribution in [3.05, 3.63) is 29.3 Å². The number of amides is 1. The average Bonchev–Trinajstić information content (AvgIpc) is 2.25. The Labute approximate surface area is 102 Å². The van der Waals surface area contributed by atoms with Gasteiger partial charge in [-0.1, -0.05) is 23.7 Å². The van der Waals surface area contributed by atoms with Gasteiger partial charge >= 0.3 is 5.97 Å². The Morgan fingerprint density at radius 3 is 2.69 bits per heavy atom. The van der Waals surface area contributed by atoms with Crippen LogP contribution in [0.2, 0.25) is 5.02 Å². The number of hydrogen-bond donors (Lipinski definition) is 2. The Kier molecular flexibility index (Phi) is 5.14. The Hall–Kier alpha value is -1.20. The number of halogens is 1. The number of carboxylic acid groups (broad SMARTS) is 1. The minimum Gasteiger partial charge on any atom is -0.480 e. The fourth-order valence-electron chi connectivity index (χ4n) is 0.930. The van der Waals surface area contributed by atoms with Gasteiger partial charge in [-0.2, -0.15) is 0 Å². The van der Waals surface area contributed by atoms with Gasteiger partial charge in [0.25, 0.3) is 0 Å². The highest BCUT2D eigenvalue weighted by molar-refractivity contribution is 8.00. The first-order valence-electron chi connectivity index (χ1n) is 4.45. The van der Waals surface area contributed by atoms with E-state index < -0.39 is 5.97 Å². The largest absolute Gasteiger partial charge is 0.480 e. The van der Waals surface area contributed by atoms with Crippen LogP contribution < -0.4 is 5.32 Å². The van der Waals surface area contributed by atoms with Crippen LogP contribution in [-0.4, -0.2) is 29.3 Å². The lowest BCUT2D eigenvalue weighted by molar-refractivity contribution is -0.137. The molecule has 1 rings (SSSR count). The molecule has 0 aliphatic carbocycles. The molecule has 0 aliphatic rings. The predicted octanol–water partition coefficient (Wildman–Crippen LogP) is 1.63. The zero-order valence-corrected chi connectivity index (χ0v) is 9.85. The van der Waals surface area contributed by atoms with Crippen molar-refractivity contribution < 1.29 is 14.7 Å². The second-order valence-electron chi connectivity index (χ2n) is 2.89. The highest BCUT2D eigenvalue weighted by Crippen LogP contribution is 2.26. The summed E-state index contributed by atoms with van der Waals surface area (Å²) in [5.74, 6) is -1.24. The lowest BCUT2D eigenvalue weighted by Gasteiger charge is -2.03. The van der Waals surface area contributed by atoms with E-state index in [1.807, 2.05) is 6.07 Å². The van der Waals surface area contributed by atoms with Crippen LogP contribution >= 0.6 is 23.4 Å². The van der Waals surface area contributed by atoms with Crippen LogP contribution in [0.1, 0.15) is 0 Å². The summed E-state index contributed by atoms with van der Waals surface area (Å²) < 4.78 is 0. The molecule has 1 amide bonds. The number of carboxylic acids is 1. The number of benzene rings is 1. The van der Waals surface area contributed by atoms with E-state index in [0.29, 0.717) is 5.02 Å². The van der Waals surface area contributed by atoms with Gasteiger partial charge in [0.2, 0.25) is 5.91 Å². The molecule has 0 bridgehead atoms. The van der Waals surface area contributed by atoms with Crippen molar-refractivity contribution in [3.8, 4) is 0 Å². The molecule has 0 aliphatic heterocycles. The predicted molar refractivity (Wildman–Crippen MR) is 62.8 cm³/mol. The maximum atomic E-state index is 11.2. The molecule has 6 heteroatoms. The molecule has 2 N–H and O–H groups in total. The normalized spacial score (nSPS) is 9.81. The van der Waals surface area contributed by atoms with Gasteiger partial charge in [-0.25, -0.2) is 0 Å². The van der Waals surface area contributed by atoms with Crippen molar-refractivity contribution in [1.82, 2.24) is 5.32 Å². The van der Waals surface area contributed by atoms with E-state index in [0.717, 1.165) is 4.90 Å². The van der Waals surface area contributed by atoms with E-state index in [9.17, 15) is 9.59 Å². The number of aliphatic carboxylic acids is 1. The van der Waals surface area contributed by atoms with Gasteiger partial charge in [0.1, 0.15) is 6.54 Å². The molecule has 0 saturated heterocycles. The molecule has 0 aromatic heterocycles. The Morgan fingerprint density at radius 1 is 1.38 bits per heavy atom. The number of rotatable bonds is 5. The van der Waals surface area contributed by atoms with Gasteiger partial charge < -0.3 is 10.4 Å². The highest BCUT2D eigenvalue weighted by atomic mass is 35.5. The Bertz CT molecular complexity index is 397. The molecule has 0 fully saturated rings. The fraction of sp³-hybridized carbons (Fsp3) is 0.200. The topological polar surface area (TPSA) is 66.4 Å². The van der Waals surface area contributed by atoms with Crippen molar-refractivity contribution in [2.24, 2.45) is 0 Å². The van der Waals surface area contributed by atoms with E-state index in [4.69, 9.17) is 16.7 Å². The second-order valence-corrected chi connectivity index (χ2v) is 4.31. The molecular weight excluding hydrogens is 250 g/mol. The average molecular weight is 260 g/mol. The van der Waals surface area contributed by atoms with E-state index in [2.05, 4.69) is 5.32 Å². The lowest BCUT2D eigenvalue weighted by Crippen LogP contribution is -2.30. The molecule has 1 aromatic rings. The summed E-state index contributed by atoms with van der Waals surface area (Å²) in [6, 6.07) is 7.16. The number of nitrogens with one attached hydrogen (secondary N) is 1. The standard InChI is InChI=1S/C10H10ClNO3S/c11-7-3-1-2-4-8(7)16-6-9(13)12-5-10(14)15/h1-4H,5-6H2,(H,12,13)(H,14,15). The van der Waals surface area contributed by atoms with E-state index >= 15 is 0 Å². The van der Waals surface area contributed by atoms with Crippen molar-refractivity contribution in [2.45, 2.75) is 4.90 Å². The van der Waals surface area contributed by atoms with Crippen LogP contribution in [-0.2, 0) is 9.59 Å². The minimum absolute atomic E-state index is 0.150. The third-order valence-electron chi connectivity index (χ3n) is 1.63. The van der Waals surface area contributed by atoms with Crippen LogP contribution in [0.3, 0.4) is 0 Å². The summed E-state index contributed by atoms with van der Waals surface area (Å²) in [7, 11) is 0. The van der Waals surface area contributed by atoms with Crippen LogP contribution in [0.15, 0.2) is 29.2 Å². The van der Waals surface area contributed by atoms with E-state index in [1.165, 1.54) is 11.8 Å². The van der Waals surface area contributed by atoms with Gasteiger partial charge in [-0.15, -0.1) is 11.8 Å². The smallest absolute Gasteiger partial charge is 0.322 e. The quantitative estimate of drug-likeness (QED) is 0.789. The SMILES string of the molecule is O=C(O)CNC(=O)CSc1ccccc1Cl. The van der Waals surface area contributed by atoms with Crippen LogP contribution in [0.5, 0.6) is 0 Å². The van der Waals surface area contributed by atoms with Crippen molar-refractivity contribution in [3.63, 3.8) is 0 Å². The Balaban J connectivity index is 2.37. The first kappa shape index (κ1) is 12.9. The zero-order valence-electron chi connectivity index (χ0n) is 8.27. The van der Waals surface area contributed by atoms with Crippen molar-refractivity contribution in [1.29, 1.82) is 0 Å². The summed E-state index contributed by atoms with van der Waals surface area (Å²) in [4.78, 5) is 22.2. The van der Waals surface area contributed by atoms with Gasteiger partial charge in [-0.05, 0) is 12.1 Å². The molecule has 0 spiro atoms. The second kappa shape index (κ2) is 6.40. The molecule has 0 radical (unpaired) electrons. The van der Waals surface area contributed by atoms with Crippen LogP contribution in [0.4, 0.5) is 0 Å². The van der Waals surface area contributed by atoms with E-state index in [1.54, 1.807) is 18.2 Å². The molecule has 4 nitrogen and oxygen atoms in total. The summed E-state index contributed by atoms with van der Waals surface area (Å²) in [6.45, 7) is -0.359. The minimum atomic E-state index is -1.06. The summed E-state index contributed by atoms with van der Waals surface area (Å²) >= 11 is 7.16. The molecule has 0 unspecified atom stereocenters. The van der Waals surface area contributed by atoms with Gasteiger partial charge in [0.05, 0.1) is 10.8 Å². The number of carbonyl (C=O) groups excluding carboxylic acids is 1. The molecule has 16 heavy (non-hydrogen) atoms. The molecule has 1 aromatic carbocycles.